The van der Waals surface area contributed by atoms with Crippen LogP contribution in [0.1, 0.15) is 24.3 Å². The van der Waals surface area contributed by atoms with E-state index < -0.39 is 0 Å². The number of benzene rings is 1. The minimum Gasteiger partial charge on any atom is -0.496 e. The van der Waals surface area contributed by atoms with Crippen molar-refractivity contribution >= 4 is 22.8 Å². The predicted molar refractivity (Wildman–Crippen MR) is 121 cm³/mol. The van der Waals surface area contributed by atoms with E-state index in [2.05, 4.69) is 16.2 Å². The van der Waals surface area contributed by atoms with Crippen LogP contribution in [0.2, 0.25) is 0 Å². The van der Waals surface area contributed by atoms with Crippen molar-refractivity contribution in [3.63, 3.8) is 0 Å². The van der Waals surface area contributed by atoms with Crippen LogP contribution in [-0.4, -0.2) is 55.4 Å². The molecule has 2 aromatic heterocycles. The summed E-state index contributed by atoms with van der Waals surface area (Å²) in [6.07, 6.45) is 3.50. The lowest BCUT2D eigenvalue weighted by Gasteiger charge is -2.28. The van der Waals surface area contributed by atoms with Gasteiger partial charge in [-0.15, -0.1) is 0 Å². The topological polar surface area (TPSA) is 86.9 Å². The maximum absolute atomic E-state index is 12.7. The van der Waals surface area contributed by atoms with Crippen LogP contribution in [0.25, 0.3) is 17.0 Å². The first-order chi connectivity index (χ1) is 15.6. The monoisotopic (exact) mass is 455 g/mol. The number of hydrogen-bond acceptors (Lipinski definition) is 8. The standard InChI is InChI=1S/C23H25N3O5S/c1-28-17-12-18(29-2)22(19(13-17)30-3)15-6-9-26(10-7-15)21(27)5-4-20-24-23(25-31-20)16-8-11-32-14-16/h6,8,11-14H,4-5,7,9-10H2,1-3H3. The molecule has 1 amide bonds. The fraction of sp³-hybridized carbons (Fsp3) is 0.348. The molecule has 1 aliphatic heterocycles. The molecule has 0 saturated carbocycles. The highest BCUT2D eigenvalue weighted by Crippen LogP contribution is 2.40. The summed E-state index contributed by atoms with van der Waals surface area (Å²) in [7, 11) is 4.85. The Morgan fingerprint density at radius 3 is 2.56 bits per heavy atom. The maximum atomic E-state index is 12.7. The molecule has 0 aliphatic carbocycles. The Labute approximate surface area is 190 Å². The van der Waals surface area contributed by atoms with Crippen LogP contribution in [0.3, 0.4) is 0 Å². The van der Waals surface area contributed by atoms with Crippen LogP contribution in [0.15, 0.2) is 39.6 Å². The number of methoxy groups -OCH3 is 3. The third-order valence-corrected chi connectivity index (χ3v) is 6.08. The Hall–Kier alpha value is -3.33. The highest BCUT2D eigenvalue weighted by molar-refractivity contribution is 7.08. The second kappa shape index (κ2) is 9.86. The largest absolute Gasteiger partial charge is 0.496 e. The van der Waals surface area contributed by atoms with Gasteiger partial charge < -0.3 is 23.6 Å². The summed E-state index contributed by atoms with van der Waals surface area (Å²) in [5, 5.41) is 7.92. The Balaban J connectivity index is 1.40. The Bertz CT molecular complexity index is 1080. The number of hydrogen-bond donors (Lipinski definition) is 0. The normalized spacial score (nSPS) is 13.6. The van der Waals surface area contributed by atoms with E-state index in [9.17, 15) is 4.79 Å². The molecule has 0 saturated heterocycles. The molecule has 0 N–H and O–H groups in total. The molecule has 3 heterocycles. The Morgan fingerprint density at radius 1 is 1.19 bits per heavy atom. The lowest BCUT2D eigenvalue weighted by atomic mass is 9.97. The first-order valence-corrected chi connectivity index (χ1v) is 11.2. The molecular formula is C23H25N3O5S. The number of carbonyl (C=O) groups is 1. The second-order valence-electron chi connectivity index (χ2n) is 7.25. The molecule has 0 radical (unpaired) electrons. The number of ether oxygens (including phenoxy) is 3. The third-order valence-electron chi connectivity index (χ3n) is 5.40. The van der Waals surface area contributed by atoms with Gasteiger partial charge in [-0.1, -0.05) is 11.2 Å². The molecule has 9 heteroatoms. The third kappa shape index (κ3) is 4.62. The first-order valence-electron chi connectivity index (χ1n) is 10.2. The Morgan fingerprint density at radius 2 is 1.97 bits per heavy atom. The first kappa shape index (κ1) is 21.9. The van der Waals surface area contributed by atoms with Gasteiger partial charge >= 0.3 is 0 Å². The van der Waals surface area contributed by atoms with E-state index in [0.29, 0.717) is 61.3 Å². The number of aromatic nitrogens is 2. The van der Waals surface area contributed by atoms with Crippen molar-refractivity contribution in [3.8, 4) is 28.6 Å². The van der Waals surface area contributed by atoms with Gasteiger partial charge in [0.25, 0.3) is 0 Å². The van der Waals surface area contributed by atoms with Gasteiger partial charge in [0.2, 0.25) is 17.6 Å². The van der Waals surface area contributed by atoms with Crippen molar-refractivity contribution in [2.24, 2.45) is 0 Å². The molecule has 1 aromatic carbocycles. The van der Waals surface area contributed by atoms with E-state index in [1.807, 2.05) is 33.9 Å². The smallest absolute Gasteiger partial charge is 0.227 e. The van der Waals surface area contributed by atoms with Gasteiger partial charge in [-0.2, -0.15) is 16.3 Å². The lowest BCUT2D eigenvalue weighted by molar-refractivity contribution is -0.130. The van der Waals surface area contributed by atoms with E-state index in [0.717, 1.165) is 16.7 Å². The fourth-order valence-corrected chi connectivity index (χ4v) is 4.32. The number of amides is 1. The predicted octanol–water partition coefficient (Wildman–Crippen LogP) is 4.07. The zero-order chi connectivity index (χ0) is 22.5. The Kier molecular flexibility index (Phi) is 6.75. The van der Waals surface area contributed by atoms with Crippen LogP contribution in [0.5, 0.6) is 17.2 Å². The number of thiophene rings is 1. The van der Waals surface area contributed by atoms with E-state index in [4.69, 9.17) is 18.7 Å². The summed E-state index contributed by atoms with van der Waals surface area (Å²) in [5.74, 6) is 3.13. The van der Waals surface area contributed by atoms with Gasteiger partial charge in [0.05, 0.1) is 26.9 Å². The van der Waals surface area contributed by atoms with Crippen molar-refractivity contribution in [2.75, 3.05) is 34.4 Å². The van der Waals surface area contributed by atoms with Gasteiger partial charge in [0.1, 0.15) is 17.2 Å². The van der Waals surface area contributed by atoms with Gasteiger partial charge in [0, 0.05) is 49.0 Å². The van der Waals surface area contributed by atoms with Crippen molar-refractivity contribution < 1.29 is 23.5 Å². The fourth-order valence-electron chi connectivity index (χ4n) is 3.68. The second-order valence-corrected chi connectivity index (χ2v) is 8.03. The maximum Gasteiger partial charge on any atom is 0.227 e. The molecule has 0 atom stereocenters. The van der Waals surface area contributed by atoms with Gasteiger partial charge in [-0.25, -0.2) is 0 Å². The molecule has 1 aliphatic rings. The highest BCUT2D eigenvalue weighted by atomic mass is 32.1. The van der Waals surface area contributed by atoms with Crippen LogP contribution >= 0.6 is 11.3 Å². The minimum absolute atomic E-state index is 0.0595. The lowest BCUT2D eigenvalue weighted by Crippen LogP contribution is -2.34. The molecule has 32 heavy (non-hydrogen) atoms. The van der Waals surface area contributed by atoms with Gasteiger partial charge in [-0.05, 0) is 23.4 Å². The summed E-state index contributed by atoms with van der Waals surface area (Å²) in [6.45, 7) is 1.14. The van der Waals surface area contributed by atoms with E-state index >= 15 is 0 Å². The molecule has 4 rings (SSSR count). The average Bonchev–Trinajstić information content (AvgIpc) is 3.54. The number of rotatable bonds is 8. The van der Waals surface area contributed by atoms with Gasteiger partial charge in [-0.3, -0.25) is 4.79 Å². The van der Waals surface area contributed by atoms with Crippen LogP contribution in [-0.2, 0) is 11.2 Å². The van der Waals surface area contributed by atoms with Crippen LogP contribution in [0.4, 0.5) is 0 Å². The molecule has 0 spiro atoms. The van der Waals surface area contributed by atoms with Gasteiger partial charge in [0.15, 0.2) is 0 Å². The SMILES string of the molecule is COc1cc(OC)c(C2=CCN(C(=O)CCc3nc(-c4ccsc4)no3)CC2)c(OC)c1. The zero-order valence-electron chi connectivity index (χ0n) is 18.3. The van der Waals surface area contributed by atoms with Crippen molar-refractivity contribution in [1.82, 2.24) is 15.0 Å². The number of nitrogens with zero attached hydrogens (tertiary/aromatic N) is 3. The van der Waals surface area contributed by atoms with Crippen LogP contribution in [0, 0.1) is 0 Å². The van der Waals surface area contributed by atoms with E-state index in [1.54, 1.807) is 32.7 Å². The molecule has 0 unspecified atom stereocenters. The highest BCUT2D eigenvalue weighted by Gasteiger charge is 2.23. The molecule has 8 nitrogen and oxygen atoms in total. The number of carbonyl (C=O) groups excluding carboxylic acids is 1. The van der Waals surface area contributed by atoms with E-state index in [-0.39, 0.29) is 5.91 Å². The number of aryl methyl sites for hydroxylation is 1. The molecule has 168 valence electrons. The molecule has 3 aromatic rings. The summed E-state index contributed by atoms with van der Waals surface area (Å²) < 4.78 is 21.8. The average molecular weight is 456 g/mol. The summed E-state index contributed by atoms with van der Waals surface area (Å²) in [6, 6.07) is 5.62. The van der Waals surface area contributed by atoms with Crippen molar-refractivity contribution in [1.29, 1.82) is 0 Å². The summed E-state index contributed by atoms with van der Waals surface area (Å²) in [5.41, 5.74) is 2.91. The summed E-state index contributed by atoms with van der Waals surface area (Å²) in [4.78, 5) is 18.9. The van der Waals surface area contributed by atoms with Crippen LogP contribution < -0.4 is 14.2 Å². The minimum atomic E-state index is 0.0595. The summed E-state index contributed by atoms with van der Waals surface area (Å²) >= 11 is 1.58. The van der Waals surface area contributed by atoms with Crippen molar-refractivity contribution in [3.05, 3.63) is 46.5 Å². The molecule has 0 fully saturated rings. The van der Waals surface area contributed by atoms with E-state index in [1.165, 1.54) is 0 Å². The van der Waals surface area contributed by atoms with Crippen molar-refractivity contribution in [2.45, 2.75) is 19.3 Å². The zero-order valence-corrected chi connectivity index (χ0v) is 19.1. The molecular weight excluding hydrogens is 430 g/mol. The molecule has 0 bridgehead atoms. The quantitative estimate of drug-likeness (QED) is 0.506.